The van der Waals surface area contributed by atoms with Gasteiger partial charge >= 0.3 is 0 Å². The number of ether oxygens (including phenoxy) is 1. The van der Waals surface area contributed by atoms with E-state index in [9.17, 15) is 4.79 Å². The topological polar surface area (TPSA) is 41.6 Å². The molecular weight excluding hydrogens is 368 g/mol. The average Bonchev–Trinajstić information content (AvgIpc) is 2.60. The Hall–Kier alpha value is -2.40. The smallest absolute Gasteiger partial charge is 0.264 e. The molecule has 0 aliphatic carbocycles. The van der Waals surface area contributed by atoms with Crippen molar-refractivity contribution in [1.29, 1.82) is 0 Å². The molecule has 0 spiro atoms. The van der Waals surface area contributed by atoms with E-state index in [-0.39, 0.29) is 5.91 Å². The van der Waals surface area contributed by atoms with Crippen LogP contribution in [0.5, 0.6) is 5.75 Å². The molecule has 0 atom stereocenters. The second-order valence-corrected chi connectivity index (χ2v) is 8.26. The lowest BCUT2D eigenvalue weighted by Gasteiger charge is -2.28. The maximum Gasteiger partial charge on any atom is 0.264 e. The molecule has 0 heterocycles. The van der Waals surface area contributed by atoms with E-state index in [1.807, 2.05) is 37.3 Å². The Balaban J connectivity index is 2.08. The maximum atomic E-state index is 12.6. The number of hydrogen-bond donors (Lipinski definition) is 1. The maximum absolute atomic E-state index is 12.6. The number of nitrogens with zero attached hydrogens (tertiary/aromatic N) is 1. The van der Waals surface area contributed by atoms with Gasteiger partial charge in [0.15, 0.2) is 0 Å². The van der Waals surface area contributed by atoms with E-state index in [1.54, 1.807) is 18.2 Å². The molecule has 0 unspecified atom stereocenters. The minimum absolute atomic E-state index is 0.178. The summed E-state index contributed by atoms with van der Waals surface area (Å²) in [5.41, 5.74) is 2.39. The Morgan fingerprint density at radius 3 is 2.29 bits per heavy atom. The molecule has 4 nitrogen and oxygen atoms in total. The van der Waals surface area contributed by atoms with Crippen LogP contribution in [0.25, 0.3) is 0 Å². The SMILES string of the molecule is Cc1cccc(NC(=O)c2cccc(OC(=S)N(CC(C)C)CC(C)C)c2)c1. The first-order valence-corrected chi connectivity index (χ1v) is 10.1. The van der Waals surface area contributed by atoms with Gasteiger partial charge in [-0.05, 0) is 66.9 Å². The minimum atomic E-state index is -0.178. The molecule has 28 heavy (non-hydrogen) atoms. The van der Waals surface area contributed by atoms with Gasteiger partial charge in [0.25, 0.3) is 11.1 Å². The van der Waals surface area contributed by atoms with Gasteiger partial charge in [0.05, 0.1) is 0 Å². The number of benzene rings is 2. The van der Waals surface area contributed by atoms with E-state index in [4.69, 9.17) is 17.0 Å². The van der Waals surface area contributed by atoms with Crippen LogP contribution >= 0.6 is 12.2 Å². The van der Waals surface area contributed by atoms with E-state index < -0.39 is 0 Å². The lowest BCUT2D eigenvalue weighted by atomic mass is 10.1. The molecule has 150 valence electrons. The third-order valence-electron chi connectivity index (χ3n) is 4.01. The molecule has 0 aliphatic heterocycles. The summed E-state index contributed by atoms with van der Waals surface area (Å²) in [6.07, 6.45) is 0. The number of amides is 1. The number of carbonyl (C=O) groups excluding carboxylic acids is 1. The van der Waals surface area contributed by atoms with Crippen molar-refractivity contribution in [3.05, 3.63) is 59.7 Å². The van der Waals surface area contributed by atoms with Crippen LogP contribution < -0.4 is 10.1 Å². The van der Waals surface area contributed by atoms with Crippen molar-refractivity contribution < 1.29 is 9.53 Å². The molecule has 5 heteroatoms. The molecule has 2 aromatic carbocycles. The van der Waals surface area contributed by atoms with Crippen LogP contribution in [0.1, 0.15) is 43.6 Å². The first-order valence-electron chi connectivity index (χ1n) is 9.69. The zero-order valence-electron chi connectivity index (χ0n) is 17.4. The Kier molecular flexibility index (Phi) is 8.00. The van der Waals surface area contributed by atoms with Gasteiger partial charge in [0.2, 0.25) is 0 Å². The standard InChI is InChI=1S/C23H30N2O2S/c1-16(2)14-25(15-17(3)4)23(28)27-21-11-7-9-19(13-21)22(26)24-20-10-6-8-18(5)12-20/h6-13,16-17H,14-15H2,1-5H3,(H,24,26). The van der Waals surface area contributed by atoms with Crippen molar-refractivity contribution in [2.75, 3.05) is 18.4 Å². The van der Waals surface area contributed by atoms with Crippen LogP contribution in [-0.4, -0.2) is 29.1 Å². The van der Waals surface area contributed by atoms with E-state index >= 15 is 0 Å². The molecule has 0 aliphatic rings. The van der Waals surface area contributed by atoms with Crippen LogP contribution in [0.3, 0.4) is 0 Å². The van der Waals surface area contributed by atoms with E-state index in [0.29, 0.717) is 28.3 Å². The quantitative estimate of drug-likeness (QED) is 0.623. The van der Waals surface area contributed by atoms with Gasteiger partial charge in [-0.1, -0.05) is 45.9 Å². The zero-order valence-corrected chi connectivity index (χ0v) is 18.2. The van der Waals surface area contributed by atoms with E-state index in [1.165, 1.54) is 0 Å². The van der Waals surface area contributed by atoms with Crippen molar-refractivity contribution in [3.63, 3.8) is 0 Å². The third-order valence-corrected chi connectivity index (χ3v) is 4.35. The van der Waals surface area contributed by atoms with Gasteiger partial charge in [0, 0.05) is 24.3 Å². The lowest BCUT2D eigenvalue weighted by Crippen LogP contribution is -2.38. The molecule has 0 saturated carbocycles. The van der Waals surface area contributed by atoms with Crippen LogP contribution in [0.15, 0.2) is 48.5 Å². The Morgan fingerprint density at radius 2 is 1.68 bits per heavy atom. The Bertz CT molecular complexity index is 808. The van der Waals surface area contributed by atoms with Gasteiger partial charge in [-0.25, -0.2) is 0 Å². The van der Waals surface area contributed by atoms with Crippen LogP contribution in [0, 0.1) is 18.8 Å². The highest BCUT2D eigenvalue weighted by Gasteiger charge is 2.16. The highest BCUT2D eigenvalue weighted by molar-refractivity contribution is 7.80. The minimum Gasteiger partial charge on any atom is -0.432 e. The summed E-state index contributed by atoms with van der Waals surface area (Å²) in [6, 6.07) is 14.8. The van der Waals surface area contributed by atoms with Crippen molar-refractivity contribution in [3.8, 4) is 5.75 Å². The fourth-order valence-electron chi connectivity index (χ4n) is 2.90. The van der Waals surface area contributed by atoms with Gasteiger partial charge < -0.3 is 15.0 Å². The van der Waals surface area contributed by atoms with Crippen LogP contribution in [0.2, 0.25) is 0 Å². The number of thiocarbonyl (C=S) groups is 1. The van der Waals surface area contributed by atoms with E-state index in [0.717, 1.165) is 24.3 Å². The summed E-state index contributed by atoms with van der Waals surface area (Å²) >= 11 is 5.53. The number of aryl methyl sites for hydroxylation is 1. The van der Waals surface area contributed by atoms with Gasteiger partial charge in [-0.15, -0.1) is 0 Å². The summed E-state index contributed by atoms with van der Waals surface area (Å²) in [7, 11) is 0. The number of nitrogens with one attached hydrogen (secondary N) is 1. The highest BCUT2D eigenvalue weighted by Crippen LogP contribution is 2.18. The Morgan fingerprint density at radius 1 is 1.04 bits per heavy atom. The second kappa shape index (κ2) is 10.2. The van der Waals surface area contributed by atoms with Crippen molar-refractivity contribution in [1.82, 2.24) is 4.90 Å². The Labute approximate surface area is 173 Å². The number of anilines is 1. The van der Waals surface area contributed by atoms with Crippen molar-refractivity contribution >= 4 is 29.0 Å². The summed E-state index contributed by atoms with van der Waals surface area (Å²) in [5.74, 6) is 1.35. The number of rotatable bonds is 7. The van der Waals surface area contributed by atoms with Crippen molar-refractivity contribution in [2.24, 2.45) is 11.8 Å². The lowest BCUT2D eigenvalue weighted by molar-refractivity contribution is 0.102. The fourth-order valence-corrected chi connectivity index (χ4v) is 3.14. The van der Waals surface area contributed by atoms with Crippen molar-refractivity contribution in [2.45, 2.75) is 34.6 Å². The summed E-state index contributed by atoms with van der Waals surface area (Å²) < 4.78 is 5.92. The predicted octanol–water partition coefficient (Wildman–Crippen LogP) is 5.53. The first kappa shape index (κ1) is 21.9. The molecule has 2 rings (SSSR count). The molecular formula is C23H30N2O2S. The monoisotopic (exact) mass is 398 g/mol. The fraction of sp³-hybridized carbons (Fsp3) is 0.391. The summed E-state index contributed by atoms with van der Waals surface area (Å²) in [6.45, 7) is 12.3. The predicted molar refractivity (Wildman–Crippen MR) is 120 cm³/mol. The molecule has 0 fully saturated rings. The van der Waals surface area contributed by atoms with Gasteiger partial charge in [0.1, 0.15) is 5.75 Å². The van der Waals surface area contributed by atoms with Gasteiger partial charge in [-0.3, -0.25) is 4.79 Å². The molecule has 1 N–H and O–H groups in total. The third kappa shape index (κ3) is 6.97. The normalized spacial score (nSPS) is 10.8. The summed E-state index contributed by atoms with van der Waals surface area (Å²) in [5, 5.41) is 3.36. The first-order chi connectivity index (χ1) is 13.2. The van der Waals surface area contributed by atoms with Crippen LogP contribution in [0.4, 0.5) is 5.69 Å². The molecule has 0 saturated heterocycles. The molecule has 0 bridgehead atoms. The molecule has 1 amide bonds. The molecule has 0 radical (unpaired) electrons. The highest BCUT2D eigenvalue weighted by atomic mass is 32.1. The largest absolute Gasteiger partial charge is 0.432 e. The zero-order chi connectivity index (χ0) is 20.7. The molecule has 0 aromatic heterocycles. The van der Waals surface area contributed by atoms with Crippen LogP contribution in [-0.2, 0) is 0 Å². The molecule has 2 aromatic rings. The second-order valence-electron chi connectivity index (χ2n) is 7.91. The number of hydrogen-bond acceptors (Lipinski definition) is 3. The van der Waals surface area contributed by atoms with E-state index in [2.05, 4.69) is 37.9 Å². The number of carbonyl (C=O) groups is 1. The summed E-state index contributed by atoms with van der Waals surface area (Å²) in [4.78, 5) is 14.7. The average molecular weight is 399 g/mol. The van der Waals surface area contributed by atoms with Gasteiger partial charge in [-0.2, -0.15) is 0 Å².